The number of hydrogen-bond donors (Lipinski definition) is 1. The van der Waals surface area contributed by atoms with Crippen molar-refractivity contribution < 1.29 is 4.74 Å². The summed E-state index contributed by atoms with van der Waals surface area (Å²) in [6.07, 6.45) is 2.42. The van der Waals surface area contributed by atoms with E-state index in [2.05, 4.69) is 29.4 Å². The Balaban J connectivity index is 1.76. The third-order valence-corrected chi connectivity index (χ3v) is 3.07. The van der Waals surface area contributed by atoms with Gasteiger partial charge >= 0.3 is 0 Å². The van der Waals surface area contributed by atoms with Crippen molar-refractivity contribution in [3.8, 4) is 0 Å². The van der Waals surface area contributed by atoms with E-state index in [9.17, 15) is 0 Å². The zero-order valence-electron chi connectivity index (χ0n) is 9.86. The summed E-state index contributed by atoms with van der Waals surface area (Å²) in [6.45, 7) is 2.67. The van der Waals surface area contributed by atoms with E-state index < -0.39 is 0 Å². The molecule has 1 aromatic carbocycles. The van der Waals surface area contributed by atoms with E-state index in [1.165, 1.54) is 18.5 Å². The summed E-state index contributed by atoms with van der Waals surface area (Å²) in [5.41, 5.74) is 1.17. The van der Waals surface area contributed by atoms with Gasteiger partial charge in [0, 0.05) is 18.3 Å². The molecule has 0 saturated carbocycles. The molecule has 0 amide bonds. The Bertz CT molecular complexity index is 296. The van der Waals surface area contributed by atoms with Gasteiger partial charge in [-0.3, -0.25) is 4.90 Å². The molecule has 88 valence electrons. The number of benzene rings is 1. The zero-order chi connectivity index (χ0) is 11.2. The number of rotatable bonds is 4. The number of ether oxygens (including phenoxy) is 1. The number of likely N-dealkylation sites (N-methyl/N-ethyl adjacent to an activating group) is 1. The van der Waals surface area contributed by atoms with Crippen molar-refractivity contribution in [2.45, 2.75) is 18.9 Å². The molecule has 1 aromatic rings. The van der Waals surface area contributed by atoms with Crippen LogP contribution >= 0.6 is 0 Å². The third-order valence-electron chi connectivity index (χ3n) is 3.07. The van der Waals surface area contributed by atoms with Crippen LogP contribution in [-0.4, -0.2) is 37.9 Å². The highest BCUT2D eigenvalue weighted by Gasteiger charge is 2.17. The second kappa shape index (κ2) is 5.87. The van der Waals surface area contributed by atoms with E-state index in [1.54, 1.807) is 0 Å². The van der Waals surface area contributed by atoms with E-state index in [-0.39, 0.29) is 0 Å². The SMILES string of the molecule is CN(CNc1ccccc1)C1CCCOC1. The molecule has 1 aliphatic rings. The molecule has 2 rings (SSSR count). The molecule has 1 atom stereocenters. The zero-order valence-corrected chi connectivity index (χ0v) is 9.86. The predicted molar refractivity (Wildman–Crippen MR) is 66.5 cm³/mol. The molecular formula is C13H20N2O. The average molecular weight is 220 g/mol. The smallest absolute Gasteiger partial charge is 0.0679 e. The maximum Gasteiger partial charge on any atom is 0.0679 e. The highest BCUT2D eigenvalue weighted by molar-refractivity contribution is 5.42. The fourth-order valence-electron chi connectivity index (χ4n) is 1.97. The fraction of sp³-hybridized carbons (Fsp3) is 0.538. The van der Waals surface area contributed by atoms with Crippen LogP contribution in [0.25, 0.3) is 0 Å². The topological polar surface area (TPSA) is 24.5 Å². The summed E-state index contributed by atoms with van der Waals surface area (Å²) < 4.78 is 5.49. The van der Waals surface area contributed by atoms with Gasteiger partial charge in [-0.1, -0.05) is 18.2 Å². The molecule has 0 aliphatic carbocycles. The van der Waals surface area contributed by atoms with Gasteiger partial charge in [-0.05, 0) is 32.0 Å². The van der Waals surface area contributed by atoms with Crippen LogP contribution in [0.3, 0.4) is 0 Å². The molecule has 1 aliphatic heterocycles. The van der Waals surface area contributed by atoms with Crippen molar-refractivity contribution in [1.29, 1.82) is 0 Å². The quantitative estimate of drug-likeness (QED) is 0.787. The summed E-state index contributed by atoms with van der Waals surface area (Å²) in [4.78, 5) is 2.33. The van der Waals surface area contributed by atoms with Gasteiger partial charge in [0.05, 0.1) is 13.3 Å². The first-order valence-corrected chi connectivity index (χ1v) is 5.93. The molecule has 1 fully saturated rings. The monoisotopic (exact) mass is 220 g/mol. The number of hydrogen-bond acceptors (Lipinski definition) is 3. The van der Waals surface area contributed by atoms with Gasteiger partial charge in [-0.2, -0.15) is 0 Å². The van der Waals surface area contributed by atoms with Crippen molar-refractivity contribution in [2.24, 2.45) is 0 Å². The van der Waals surface area contributed by atoms with Crippen LogP contribution in [-0.2, 0) is 4.74 Å². The van der Waals surface area contributed by atoms with Gasteiger partial charge in [0.2, 0.25) is 0 Å². The molecule has 3 heteroatoms. The van der Waals surface area contributed by atoms with Crippen molar-refractivity contribution in [3.05, 3.63) is 30.3 Å². The number of nitrogens with zero attached hydrogens (tertiary/aromatic N) is 1. The second-order valence-electron chi connectivity index (χ2n) is 4.33. The first-order valence-electron chi connectivity index (χ1n) is 5.93. The number of nitrogens with one attached hydrogen (secondary N) is 1. The molecule has 3 nitrogen and oxygen atoms in total. The molecule has 1 N–H and O–H groups in total. The van der Waals surface area contributed by atoms with E-state index in [0.29, 0.717) is 6.04 Å². The van der Waals surface area contributed by atoms with E-state index >= 15 is 0 Å². The van der Waals surface area contributed by atoms with Gasteiger partial charge < -0.3 is 10.1 Å². The minimum absolute atomic E-state index is 0.560. The Hall–Kier alpha value is -1.06. The van der Waals surface area contributed by atoms with Crippen LogP contribution < -0.4 is 5.32 Å². The second-order valence-corrected chi connectivity index (χ2v) is 4.33. The molecular weight excluding hydrogens is 200 g/mol. The Morgan fingerprint density at radius 2 is 2.19 bits per heavy atom. The first kappa shape index (κ1) is 11.4. The lowest BCUT2D eigenvalue weighted by atomic mass is 10.1. The van der Waals surface area contributed by atoms with Crippen LogP contribution in [0.1, 0.15) is 12.8 Å². The molecule has 1 heterocycles. The summed E-state index contributed by atoms with van der Waals surface area (Å²) in [5.74, 6) is 0. The van der Waals surface area contributed by atoms with Gasteiger partial charge in [0.15, 0.2) is 0 Å². The number of anilines is 1. The van der Waals surface area contributed by atoms with E-state index in [1.807, 2.05) is 18.2 Å². The van der Waals surface area contributed by atoms with Gasteiger partial charge in [-0.15, -0.1) is 0 Å². The van der Waals surface area contributed by atoms with Crippen molar-refractivity contribution in [1.82, 2.24) is 4.90 Å². The standard InChI is InChI=1S/C13H20N2O/c1-15(13-8-5-9-16-10-13)11-14-12-6-3-2-4-7-12/h2-4,6-7,13-14H,5,8-11H2,1H3. The largest absolute Gasteiger partial charge is 0.380 e. The Kier molecular flexibility index (Phi) is 4.19. The summed E-state index contributed by atoms with van der Waals surface area (Å²) in [7, 11) is 2.15. The predicted octanol–water partition coefficient (Wildman–Crippen LogP) is 2.17. The van der Waals surface area contributed by atoms with Crippen LogP contribution in [0.15, 0.2) is 30.3 Å². The van der Waals surface area contributed by atoms with E-state index in [0.717, 1.165) is 19.9 Å². The summed E-state index contributed by atoms with van der Waals surface area (Å²) >= 11 is 0. The molecule has 0 spiro atoms. The molecule has 1 unspecified atom stereocenters. The lowest BCUT2D eigenvalue weighted by Gasteiger charge is -2.31. The Morgan fingerprint density at radius 3 is 2.88 bits per heavy atom. The lowest BCUT2D eigenvalue weighted by molar-refractivity contribution is 0.0302. The molecule has 0 aromatic heterocycles. The van der Waals surface area contributed by atoms with Gasteiger partial charge in [0.1, 0.15) is 0 Å². The van der Waals surface area contributed by atoms with Gasteiger partial charge in [-0.25, -0.2) is 0 Å². The van der Waals surface area contributed by atoms with Crippen molar-refractivity contribution in [3.63, 3.8) is 0 Å². The highest BCUT2D eigenvalue weighted by atomic mass is 16.5. The average Bonchev–Trinajstić information content (AvgIpc) is 2.38. The fourth-order valence-corrected chi connectivity index (χ4v) is 1.97. The minimum Gasteiger partial charge on any atom is -0.380 e. The van der Waals surface area contributed by atoms with E-state index in [4.69, 9.17) is 4.74 Å². The Labute approximate surface area is 97.4 Å². The normalized spacial score (nSPS) is 21.0. The molecule has 0 bridgehead atoms. The summed E-state index contributed by atoms with van der Waals surface area (Å²) in [5, 5.41) is 3.41. The van der Waals surface area contributed by atoms with Crippen LogP contribution in [0, 0.1) is 0 Å². The van der Waals surface area contributed by atoms with Crippen LogP contribution in [0.4, 0.5) is 5.69 Å². The molecule has 16 heavy (non-hydrogen) atoms. The minimum atomic E-state index is 0.560. The first-order chi connectivity index (χ1) is 7.86. The highest BCUT2D eigenvalue weighted by Crippen LogP contribution is 2.12. The van der Waals surface area contributed by atoms with Gasteiger partial charge in [0.25, 0.3) is 0 Å². The lowest BCUT2D eigenvalue weighted by Crippen LogP contribution is -2.41. The maximum absolute atomic E-state index is 5.49. The molecule has 0 radical (unpaired) electrons. The van der Waals surface area contributed by atoms with Crippen molar-refractivity contribution >= 4 is 5.69 Å². The maximum atomic E-state index is 5.49. The van der Waals surface area contributed by atoms with Crippen molar-refractivity contribution in [2.75, 3.05) is 32.2 Å². The third kappa shape index (κ3) is 3.22. The van der Waals surface area contributed by atoms with Crippen LogP contribution in [0.5, 0.6) is 0 Å². The number of para-hydroxylation sites is 1. The Morgan fingerprint density at radius 1 is 1.38 bits per heavy atom. The van der Waals surface area contributed by atoms with Crippen LogP contribution in [0.2, 0.25) is 0 Å². The summed E-state index contributed by atoms with van der Waals surface area (Å²) in [6, 6.07) is 10.9. The molecule has 1 saturated heterocycles.